The van der Waals surface area contributed by atoms with Gasteiger partial charge in [0.25, 0.3) is 0 Å². The zero-order valence-corrected chi connectivity index (χ0v) is 15.7. The van der Waals surface area contributed by atoms with E-state index >= 15 is 0 Å². The second-order valence-corrected chi connectivity index (χ2v) is 7.00. The molecule has 1 aliphatic rings. The molecule has 5 heteroatoms. The third-order valence-electron chi connectivity index (χ3n) is 4.92. The van der Waals surface area contributed by atoms with Gasteiger partial charge in [-0.25, -0.2) is 0 Å². The van der Waals surface area contributed by atoms with Crippen molar-refractivity contribution >= 4 is 17.6 Å². The number of amides is 1. The fraction of sp³-hybridized carbons (Fsp3) is 0.600. The summed E-state index contributed by atoms with van der Waals surface area (Å²) in [7, 11) is 0. The van der Waals surface area contributed by atoms with Crippen molar-refractivity contribution in [3.63, 3.8) is 0 Å². The van der Waals surface area contributed by atoms with Crippen LogP contribution in [0, 0.1) is 5.92 Å². The highest BCUT2D eigenvalue weighted by atomic mass is 16.5. The van der Waals surface area contributed by atoms with Crippen molar-refractivity contribution in [2.75, 3.05) is 25.0 Å². The number of anilines is 1. The number of likely N-dealkylation sites (tertiary alicyclic amines) is 1. The van der Waals surface area contributed by atoms with Gasteiger partial charge in [0.2, 0.25) is 5.91 Å². The van der Waals surface area contributed by atoms with Gasteiger partial charge in [-0.2, -0.15) is 0 Å². The Morgan fingerprint density at radius 1 is 1.16 bits per heavy atom. The van der Waals surface area contributed by atoms with Crippen molar-refractivity contribution in [3.05, 3.63) is 29.8 Å². The number of nitrogens with zero attached hydrogens (tertiary/aromatic N) is 1. The van der Waals surface area contributed by atoms with Crippen LogP contribution in [0.1, 0.15) is 52.0 Å². The number of carbonyl (C=O) groups is 2. The lowest BCUT2D eigenvalue weighted by molar-refractivity contribution is -0.149. The van der Waals surface area contributed by atoms with Crippen molar-refractivity contribution in [3.8, 4) is 0 Å². The number of piperidine rings is 1. The van der Waals surface area contributed by atoms with Crippen LogP contribution in [0.25, 0.3) is 0 Å². The molecule has 0 bridgehead atoms. The normalized spacial score (nSPS) is 17.3. The molecule has 1 saturated heterocycles. The maximum absolute atomic E-state index is 12.5. The van der Waals surface area contributed by atoms with Gasteiger partial charge >= 0.3 is 5.97 Å². The molecule has 1 aromatic rings. The van der Waals surface area contributed by atoms with Crippen molar-refractivity contribution < 1.29 is 14.3 Å². The lowest BCUT2D eigenvalue weighted by atomic mass is 9.96. The third kappa shape index (κ3) is 5.30. The number of hydrogen-bond donors (Lipinski definition) is 1. The van der Waals surface area contributed by atoms with Gasteiger partial charge in [-0.3, -0.25) is 14.5 Å². The van der Waals surface area contributed by atoms with Gasteiger partial charge < -0.3 is 10.1 Å². The van der Waals surface area contributed by atoms with Crippen LogP contribution in [0.15, 0.2) is 24.3 Å². The van der Waals surface area contributed by atoms with Gasteiger partial charge in [-0.15, -0.1) is 0 Å². The lowest BCUT2D eigenvalue weighted by Gasteiger charge is -2.34. The van der Waals surface area contributed by atoms with Gasteiger partial charge in [-0.1, -0.05) is 26.0 Å². The minimum atomic E-state index is -0.215. The number of ether oxygens (including phenoxy) is 1. The first kappa shape index (κ1) is 19.4. The molecule has 1 heterocycles. The molecule has 0 radical (unpaired) electrons. The van der Waals surface area contributed by atoms with Crippen LogP contribution < -0.4 is 5.32 Å². The highest BCUT2D eigenvalue weighted by Crippen LogP contribution is 2.21. The summed E-state index contributed by atoms with van der Waals surface area (Å²) >= 11 is 0. The van der Waals surface area contributed by atoms with Crippen LogP contribution in [-0.4, -0.2) is 42.5 Å². The van der Waals surface area contributed by atoms with Gasteiger partial charge in [-0.05, 0) is 63.4 Å². The van der Waals surface area contributed by atoms with E-state index in [1.54, 1.807) is 0 Å². The topological polar surface area (TPSA) is 58.6 Å². The molecule has 0 unspecified atom stereocenters. The predicted octanol–water partition coefficient (Wildman–Crippen LogP) is 3.41. The zero-order valence-electron chi connectivity index (χ0n) is 15.7. The fourth-order valence-electron chi connectivity index (χ4n) is 3.15. The zero-order chi connectivity index (χ0) is 18.4. The van der Waals surface area contributed by atoms with Crippen LogP contribution in [0.2, 0.25) is 0 Å². The smallest absolute Gasteiger partial charge is 0.309 e. The maximum Gasteiger partial charge on any atom is 0.309 e. The molecule has 5 nitrogen and oxygen atoms in total. The first-order chi connectivity index (χ1) is 11.9. The Labute approximate surface area is 150 Å². The summed E-state index contributed by atoms with van der Waals surface area (Å²) in [6.45, 7) is 9.95. The number of hydrogen-bond acceptors (Lipinski definition) is 4. The first-order valence-electron chi connectivity index (χ1n) is 9.23. The Morgan fingerprint density at radius 2 is 1.76 bits per heavy atom. The molecule has 0 aliphatic carbocycles. The standard InChI is InChI=1S/C20H30N2O3/c1-5-25-20(24)17-10-12-22(13-11-17)15(4)19(23)21-18-8-6-16(7-9-18)14(2)3/h6-9,14-15,17H,5,10-13H2,1-4H3,(H,21,23)/t15-/m1/s1. The van der Waals surface area contributed by atoms with E-state index in [-0.39, 0.29) is 23.8 Å². The molecule has 1 aliphatic heterocycles. The molecule has 138 valence electrons. The van der Waals surface area contributed by atoms with Crippen molar-refractivity contribution in [2.45, 2.75) is 52.5 Å². The highest BCUT2D eigenvalue weighted by Gasteiger charge is 2.30. The number of esters is 1. The van der Waals surface area contributed by atoms with Crippen molar-refractivity contribution in [2.24, 2.45) is 5.92 Å². The molecule has 2 rings (SSSR count). The van der Waals surface area contributed by atoms with E-state index in [2.05, 4.69) is 36.2 Å². The first-order valence-corrected chi connectivity index (χ1v) is 9.23. The van der Waals surface area contributed by atoms with Gasteiger partial charge in [0, 0.05) is 5.69 Å². The quantitative estimate of drug-likeness (QED) is 0.802. The minimum absolute atomic E-state index is 0.00752. The van der Waals surface area contributed by atoms with Gasteiger partial charge in [0.05, 0.1) is 18.6 Å². The van der Waals surface area contributed by atoms with E-state index < -0.39 is 0 Å². The number of nitrogens with one attached hydrogen (secondary N) is 1. The van der Waals surface area contributed by atoms with Crippen LogP contribution >= 0.6 is 0 Å². The summed E-state index contributed by atoms with van der Waals surface area (Å²) in [5.41, 5.74) is 2.08. The molecule has 1 N–H and O–H groups in total. The average molecular weight is 346 g/mol. The molecular weight excluding hydrogens is 316 g/mol. The molecule has 25 heavy (non-hydrogen) atoms. The molecule has 1 aromatic carbocycles. The number of benzene rings is 1. The maximum atomic E-state index is 12.5. The van der Waals surface area contributed by atoms with E-state index in [9.17, 15) is 9.59 Å². The third-order valence-corrected chi connectivity index (χ3v) is 4.92. The summed E-state index contributed by atoms with van der Waals surface area (Å²) in [4.78, 5) is 26.4. The Morgan fingerprint density at radius 3 is 2.28 bits per heavy atom. The molecule has 0 saturated carbocycles. The Balaban J connectivity index is 1.85. The molecular formula is C20H30N2O3. The van der Waals surface area contributed by atoms with E-state index in [4.69, 9.17) is 4.74 Å². The van der Waals surface area contributed by atoms with Crippen LogP contribution in [0.3, 0.4) is 0 Å². The average Bonchev–Trinajstić information content (AvgIpc) is 2.61. The van der Waals surface area contributed by atoms with E-state index in [1.165, 1.54) is 5.56 Å². The summed E-state index contributed by atoms with van der Waals surface area (Å²) in [6.07, 6.45) is 1.50. The largest absolute Gasteiger partial charge is 0.466 e. The molecule has 1 atom stereocenters. The van der Waals surface area contributed by atoms with E-state index in [1.807, 2.05) is 26.0 Å². The summed E-state index contributed by atoms with van der Waals surface area (Å²) < 4.78 is 5.09. The van der Waals surface area contributed by atoms with Crippen LogP contribution in [0.4, 0.5) is 5.69 Å². The summed E-state index contributed by atoms with van der Waals surface area (Å²) in [5.74, 6) is 0.329. The second kappa shape index (κ2) is 8.99. The van der Waals surface area contributed by atoms with Crippen LogP contribution in [-0.2, 0) is 14.3 Å². The summed E-state index contributed by atoms with van der Waals surface area (Å²) in [6, 6.07) is 7.79. The Hall–Kier alpha value is -1.88. The Kier molecular flexibility index (Phi) is 7.00. The van der Waals surface area contributed by atoms with Crippen LogP contribution in [0.5, 0.6) is 0 Å². The predicted molar refractivity (Wildman–Crippen MR) is 99.6 cm³/mol. The lowest BCUT2D eigenvalue weighted by Crippen LogP contribution is -2.47. The fourth-order valence-corrected chi connectivity index (χ4v) is 3.15. The second-order valence-electron chi connectivity index (χ2n) is 7.00. The highest BCUT2D eigenvalue weighted by molar-refractivity contribution is 5.94. The SMILES string of the molecule is CCOC(=O)C1CCN([C@H](C)C(=O)Nc2ccc(C(C)C)cc2)CC1. The minimum Gasteiger partial charge on any atom is -0.466 e. The van der Waals surface area contributed by atoms with Crippen molar-refractivity contribution in [1.29, 1.82) is 0 Å². The molecule has 0 spiro atoms. The van der Waals surface area contributed by atoms with Gasteiger partial charge in [0.1, 0.15) is 0 Å². The van der Waals surface area contributed by atoms with E-state index in [0.717, 1.165) is 31.6 Å². The Bertz CT molecular complexity index is 575. The molecule has 1 fully saturated rings. The number of rotatable bonds is 6. The van der Waals surface area contributed by atoms with E-state index in [0.29, 0.717) is 12.5 Å². The summed E-state index contributed by atoms with van der Waals surface area (Å²) in [5, 5.41) is 2.99. The molecule has 1 amide bonds. The molecule has 0 aromatic heterocycles. The van der Waals surface area contributed by atoms with Crippen molar-refractivity contribution in [1.82, 2.24) is 4.90 Å². The van der Waals surface area contributed by atoms with Gasteiger partial charge in [0.15, 0.2) is 0 Å². The monoisotopic (exact) mass is 346 g/mol. The number of carbonyl (C=O) groups excluding carboxylic acids is 2.